The van der Waals surface area contributed by atoms with Crippen LogP contribution in [0.25, 0.3) is 0 Å². The molecule has 0 aliphatic carbocycles. The van der Waals surface area contributed by atoms with Crippen LogP contribution in [0.15, 0.2) is 47.6 Å². The van der Waals surface area contributed by atoms with E-state index in [9.17, 15) is 14.4 Å². The molecule has 2 aliphatic rings. The van der Waals surface area contributed by atoms with Gasteiger partial charge >= 0.3 is 0 Å². The number of hydrogen-bond donors (Lipinski definition) is 1. The smallest absolute Gasteiger partial charge is 0.267 e. The average Bonchev–Trinajstić information content (AvgIpc) is 3.20. The number of nitrogens with one attached hydrogen (secondary N) is 1. The fourth-order valence-electron chi connectivity index (χ4n) is 3.85. The van der Waals surface area contributed by atoms with Crippen molar-refractivity contribution in [3.05, 3.63) is 59.2 Å². The second-order valence-corrected chi connectivity index (χ2v) is 8.04. The molecule has 0 saturated carbocycles. The first-order valence-electron chi connectivity index (χ1n) is 10.6. The second-order valence-electron chi connectivity index (χ2n) is 8.04. The molecule has 0 bridgehead atoms. The Morgan fingerprint density at radius 2 is 1.77 bits per heavy atom. The van der Waals surface area contributed by atoms with Crippen LogP contribution in [-0.2, 0) is 20.9 Å². The number of aryl methyl sites for hydroxylation is 2. The predicted molar refractivity (Wildman–Crippen MR) is 120 cm³/mol. The van der Waals surface area contributed by atoms with Gasteiger partial charge in [-0.25, -0.2) is 5.01 Å². The van der Waals surface area contributed by atoms with Crippen LogP contribution in [0.3, 0.4) is 0 Å². The molecule has 0 spiro atoms. The number of carbonyl (C=O) groups excluding carboxylic acids is 3. The summed E-state index contributed by atoms with van der Waals surface area (Å²) in [6, 6.07) is 13.5. The van der Waals surface area contributed by atoms with Gasteiger partial charge in [0, 0.05) is 38.0 Å². The van der Waals surface area contributed by atoms with Crippen LogP contribution in [-0.4, -0.2) is 30.0 Å². The van der Waals surface area contributed by atoms with Gasteiger partial charge in [-0.1, -0.05) is 24.3 Å². The number of rotatable bonds is 5. The van der Waals surface area contributed by atoms with Gasteiger partial charge in [0.1, 0.15) is 5.71 Å². The first kappa shape index (κ1) is 20.8. The Labute approximate surface area is 181 Å². The quantitative estimate of drug-likeness (QED) is 0.809. The summed E-state index contributed by atoms with van der Waals surface area (Å²) in [6.07, 6.45) is 2.06. The normalized spacial score (nSPS) is 16.5. The molecule has 7 nitrogen and oxygen atoms in total. The Morgan fingerprint density at radius 1 is 1.00 bits per heavy atom. The summed E-state index contributed by atoms with van der Waals surface area (Å²) in [5.74, 6) is -0.238. The monoisotopic (exact) mass is 418 g/mol. The van der Waals surface area contributed by atoms with Crippen LogP contribution >= 0.6 is 0 Å². The van der Waals surface area contributed by atoms with E-state index in [2.05, 4.69) is 10.4 Å². The Kier molecular flexibility index (Phi) is 5.84. The van der Waals surface area contributed by atoms with Crippen molar-refractivity contribution in [3.8, 4) is 0 Å². The highest BCUT2D eigenvalue weighted by Gasteiger charge is 2.26. The van der Waals surface area contributed by atoms with Gasteiger partial charge < -0.3 is 10.2 Å². The Bertz CT molecular complexity index is 1060. The van der Waals surface area contributed by atoms with Gasteiger partial charge in [-0.2, -0.15) is 5.10 Å². The van der Waals surface area contributed by atoms with Crippen LogP contribution < -0.4 is 15.2 Å². The molecule has 7 heteroatoms. The van der Waals surface area contributed by atoms with Gasteiger partial charge in [0.25, 0.3) is 5.91 Å². The highest BCUT2D eigenvalue weighted by molar-refractivity contribution is 6.40. The Balaban J connectivity index is 1.42. The third kappa shape index (κ3) is 4.50. The molecule has 3 amide bonds. The van der Waals surface area contributed by atoms with E-state index in [1.807, 2.05) is 56.3 Å². The van der Waals surface area contributed by atoms with Crippen molar-refractivity contribution in [1.82, 2.24) is 5.32 Å². The average molecular weight is 418 g/mol. The minimum absolute atomic E-state index is 0.114. The van der Waals surface area contributed by atoms with Crippen LogP contribution in [0.4, 0.5) is 11.4 Å². The van der Waals surface area contributed by atoms with Crippen LogP contribution in [0, 0.1) is 13.8 Å². The molecule has 1 fully saturated rings. The van der Waals surface area contributed by atoms with E-state index in [0.29, 0.717) is 30.8 Å². The van der Waals surface area contributed by atoms with E-state index in [1.54, 1.807) is 4.90 Å². The van der Waals surface area contributed by atoms with E-state index in [0.717, 1.165) is 35.3 Å². The van der Waals surface area contributed by atoms with Gasteiger partial charge in [0.15, 0.2) is 0 Å². The number of nitrogens with zero attached hydrogens (tertiary/aromatic N) is 3. The maximum atomic E-state index is 12.7. The highest BCUT2D eigenvalue weighted by atomic mass is 16.2. The van der Waals surface area contributed by atoms with E-state index in [4.69, 9.17) is 0 Å². The Morgan fingerprint density at radius 3 is 2.48 bits per heavy atom. The topological polar surface area (TPSA) is 82.1 Å². The van der Waals surface area contributed by atoms with E-state index >= 15 is 0 Å². The molecule has 1 N–H and O–H groups in total. The third-order valence-corrected chi connectivity index (χ3v) is 5.66. The largest absolute Gasteiger partial charge is 0.347 e. The molecule has 2 aromatic carbocycles. The fourth-order valence-corrected chi connectivity index (χ4v) is 3.85. The van der Waals surface area contributed by atoms with Gasteiger partial charge in [-0.3, -0.25) is 14.4 Å². The number of amides is 3. The van der Waals surface area contributed by atoms with Crippen molar-refractivity contribution < 1.29 is 14.4 Å². The molecule has 2 heterocycles. The molecular weight excluding hydrogens is 392 g/mol. The van der Waals surface area contributed by atoms with Crippen molar-refractivity contribution in [2.45, 2.75) is 46.1 Å². The molecule has 1 saturated heterocycles. The lowest BCUT2D eigenvalue weighted by Crippen LogP contribution is -2.39. The predicted octanol–water partition coefficient (Wildman–Crippen LogP) is 3.23. The highest BCUT2D eigenvalue weighted by Crippen LogP contribution is 2.25. The molecule has 0 atom stereocenters. The third-order valence-electron chi connectivity index (χ3n) is 5.66. The summed E-state index contributed by atoms with van der Waals surface area (Å²) in [7, 11) is 0. The van der Waals surface area contributed by atoms with Gasteiger partial charge in [0.2, 0.25) is 11.8 Å². The number of benzene rings is 2. The lowest BCUT2D eigenvalue weighted by Gasteiger charge is -2.24. The van der Waals surface area contributed by atoms with Crippen molar-refractivity contribution in [3.63, 3.8) is 0 Å². The standard InChI is InChI=1S/C24H26N4O3/c1-16-5-6-17(2)21(14-16)28-23(30)12-11-20(26-28)24(31)25-15-18-7-9-19(10-8-18)27-13-3-4-22(27)29/h5-10,14H,3-4,11-13,15H2,1-2H3,(H,25,31). The maximum absolute atomic E-state index is 12.7. The molecule has 31 heavy (non-hydrogen) atoms. The molecule has 0 radical (unpaired) electrons. The lowest BCUT2D eigenvalue weighted by molar-refractivity contribution is -0.119. The van der Waals surface area contributed by atoms with E-state index < -0.39 is 0 Å². The van der Waals surface area contributed by atoms with Crippen molar-refractivity contribution in [2.75, 3.05) is 16.5 Å². The Hall–Kier alpha value is -3.48. The summed E-state index contributed by atoms with van der Waals surface area (Å²) in [5.41, 5.74) is 4.83. The van der Waals surface area contributed by atoms with Gasteiger partial charge in [0.05, 0.1) is 5.69 Å². The molecule has 160 valence electrons. The zero-order chi connectivity index (χ0) is 22.0. The van der Waals surface area contributed by atoms with Gasteiger partial charge in [-0.15, -0.1) is 0 Å². The molecule has 0 unspecified atom stereocenters. The second kappa shape index (κ2) is 8.71. The minimum atomic E-state index is -0.276. The zero-order valence-electron chi connectivity index (χ0n) is 17.9. The lowest BCUT2D eigenvalue weighted by atomic mass is 10.1. The van der Waals surface area contributed by atoms with Gasteiger partial charge in [-0.05, 0) is 55.2 Å². The molecule has 4 rings (SSSR count). The number of anilines is 2. The maximum Gasteiger partial charge on any atom is 0.267 e. The summed E-state index contributed by atoms with van der Waals surface area (Å²) in [5, 5.41) is 8.61. The van der Waals surface area contributed by atoms with Crippen molar-refractivity contribution >= 4 is 34.8 Å². The fraction of sp³-hybridized carbons (Fsp3) is 0.333. The summed E-state index contributed by atoms with van der Waals surface area (Å²) >= 11 is 0. The summed E-state index contributed by atoms with van der Waals surface area (Å²) < 4.78 is 0. The SMILES string of the molecule is Cc1ccc(C)c(N2N=C(C(=O)NCc3ccc(N4CCCC4=O)cc3)CCC2=O)c1. The number of hydrogen-bond acceptors (Lipinski definition) is 4. The number of hydrazone groups is 1. The molecular formula is C24H26N4O3. The molecule has 2 aromatic rings. The van der Waals surface area contributed by atoms with Crippen LogP contribution in [0.5, 0.6) is 0 Å². The molecule has 0 aromatic heterocycles. The van der Waals surface area contributed by atoms with Crippen LogP contribution in [0.2, 0.25) is 0 Å². The minimum Gasteiger partial charge on any atom is -0.347 e. The number of carbonyl (C=O) groups is 3. The summed E-state index contributed by atoms with van der Waals surface area (Å²) in [4.78, 5) is 38.8. The molecule has 2 aliphatic heterocycles. The van der Waals surface area contributed by atoms with E-state index in [-0.39, 0.29) is 24.1 Å². The summed E-state index contributed by atoms with van der Waals surface area (Å²) in [6.45, 7) is 4.98. The zero-order valence-corrected chi connectivity index (χ0v) is 17.9. The van der Waals surface area contributed by atoms with Crippen molar-refractivity contribution in [2.24, 2.45) is 5.10 Å². The van der Waals surface area contributed by atoms with E-state index in [1.165, 1.54) is 5.01 Å². The van der Waals surface area contributed by atoms with Crippen molar-refractivity contribution in [1.29, 1.82) is 0 Å². The first-order valence-corrected chi connectivity index (χ1v) is 10.6. The first-order chi connectivity index (χ1) is 14.9. The van der Waals surface area contributed by atoms with Crippen LogP contribution in [0.1, 0.15) is 42.4 Å².